The lowest BCUT2D eigenvalue weighted by Gasteiger charge is -2.14. The van der Waals surface area contributed by atoms with Crippen molar-refractivity contribution in [2.24, 2.45) is 0 Å². The van der Waals surface area contributed by atoms with Crippen molar-refractivity contribution in [3.63, 3.8) is 0 Å². The summed E-state index contributed by atoms with van der Waals surface area (Å²) in [5.41, 5.74) is 1.90. The van der Waals surface area contributed by atoms with Gasteiger partial charge in [-0.15, -0.1) is 11.8 Å². The maximum absolute atomic E-state index is 12.4. The minimum atomic E-state index is -0.912. The number of carboxylic acids is 1. The first-order chi connectivity index (χ1) is 12.8. The highest BCUT2D eigenvalue weighted by Crippen LogP contribution is 2.26. The van der Waals surface area contributed by atoms with Gasteiger partial charge in [-0.05, 0) is 55.8 Å². The molecule has 0 fully saturated rings. The predicted molar refractivity (Wildman–Crippen MR) is 107 cm³/mol. The van der Waals surface area contributed by atoms with Crippen LogP contribution in [0.3, 0.4) is 0 Å². The third-order valence-electron chi connectivity index (χ3n) is 3.88. The summed E-state index contributed by atoms with van der Waals surface area (Å²) >= 11 is 1.40. The van der Waals surface area contributed by atoms with E-state index in [-0.39, 0.29) is 17.1 Å². The Morgan fingerprint density at radius 1 is 0.963 bits per heavy atom. The summed E-state index contributed by atoms with van der Waals surface area (Å²) in [5.74, 6) is -1.87. The average Bonchev–Trinajstić information content (AvgIpc) is 2.62. The van der Waals surface area contributed by atoms with Crippen LogP contribution in [0.2, 0.25) is 0 Å². The van der Waals surface area contributed by atoms with Crippen molar-refractivity contribution in [3.05, 3.63) is 54.1 Å². The van der Waals surface area contributed by atoms with E-state index in [0.717, 1.165) is 4.90 Å². The largest absolute Gasteiger partial charge is 0.481 e. The Bertz CT molecular complexity index is 836. The molecule has 2 amide bonds. The van der Waals surface area contributed by atoms with Gasteiger partial charge in [0, 0.05) is 23.2 Å². The first-order valence-corrected chi connectivity index (χ1v) is 9.32. The summed E-state index contributed by atoms with van der Waals surface area (Å²) in [4.78, 5) is 35.5. The van der Waals surface area contributed by atoms with E-state index in [1.165, 1.54) is 18.7 Å². The number of carbonyl (C=O) groups is 3. The normalized spacial score (nSPS) is 12.7. The molecule has 6 nitrogen and oxygen atoms in total. The highest BCUT2D eigenvalue weighted by molar-refractivity contribution is 8.00. The molecule has 2 atom stereocenters. The molecule has 0 radical (unpaired) electrons. The highest BCUT2D eigenvalue weighted by atomic mass is 32.2. The van der Waals surface area contributed by atoms with E-state index < -0.39 is 11.9 Å². The van der Waals surface area contributed by atoms with Crippen molar-refractivity contribution in [2.45, 2.75) is 36.8 Å². The number of rotatable bonds is 7. The second kappa shape index (κ2) is 9.23. The standard InChI is InChI=1S/C20H22N2O4S/c1-12(20(25)26)15-5-4-6-17(11-15)22-19(24)13(2)27-18-9-7-16(8-10-18)21-14(3)23/h4-13H,1-3H3,(H,21,23)(H,22,24)(H,25,26). The summed E-state index contributed by atoms with van der Waals surface area (Å²) in [6.45, 7) is 4.85. The molecule has 7 heteroatoms. The number of benzene rings is 2. The van der Waals surface area contributed by atoms with E-state index in [4.69, 9.17) is 5.11 Å². The lowest BCUT2D eigenvalue weighted by atomic mass is 10.0. The van der Waals surface area contributed by atoms with Crippen LogP contribution in [0.25, 0.3) is 0 Å². The number of carboxylic acid groups (broad SMARTS) is 1. The van der Waals surface area contributed by atoms with Crippen LogP contribution in [0.5, 0.6) is 0 Å². The Labute approximate surface area is 162 Å². The van der Waals surface area contributed by atoms with Crippen molar-refractivity contribution in [1.82, 2.24) is 0 Å². The molecule has 2 rings (SSSR count). The number of thioether (sulfide) groups is 1. The van der Waals surface area contributed by atoms with Gasteiger partial charge in [-0.1, -0.05) is 12.1 Å². The Kier molecular flexibility index (Phi) is 7.01. The third-order valence-corrected chi connectivity index (χ3v) is 4.99. The molecule has 0 spiro atoms. The quantitative estimate of drug-likeness (QED) is 0.626. The van der Waals surface area contributed by atoms with E-state index in [0.29, 0.717) is 16.9 Å². The van der Waals surface area contributed by atoms with E-state index in [2.05, 4.69) is 10.6 Å². The molecule has 142 valence electrons. The monoisotopic (exact) mass is 386 g/mol. The average molecular weight is 386 g/mol. The Morgan fingerprint density at radius 3 is 2.22 bits per heavy atom. The van der Waals surface area contributed by atoms with Crippen LogP contribution < -0.4 is 10.6 Å². The minimum absolute atomic E-state index is 0.136. The summed E-state index contributed by atoms with van der Waals surface area (Å²) < 4.78 is 0. The molecule has 3 N–H and O–H groups in total. The second-order valence-electron chi connectivity index (χ2n) is 6.14. The topological polar surface area (TPSA) is 95.5 Å². The van der Waals surface area contributed by atoms with E-state index in [9.17, 15) is 14.4 Å². The number of carbonyl (C=O) groups excluding carboxylic acids is 2. The van der Waals surface area contributed by atoms with Crippen molar-refractivity contribution >= 4 is 40.9 Å². The van der Waals surface area contributed by atoms with Gasteiger partial charge in [-0.2, -0.15) is 0 Å². The van der Waals surface area contributed by atoms with Crippen LogP contribution in [0, 0.1) is 0 Å². The second-order valence-corrected chi connectivity index (χ2v) is 7.55. The van der Waals surface area contributed by atoms with Gasteiger partial charge in [0.05, 0.1) is 11.2 Å². The number of aliphatic carboxylic acids is 1. The molecule has 27 heavy (non-hydrogen) atoms. The molecule has 0 saturated carbocycles. The molecule has 0 saturated heterocycles. The van der Waals surface area contributed by atoms with Gasteiger partial charge in [0.2, 0.25) is 11.8 Å². The van der Waals surface area contributed by atoms with Gasteiger partial charge in [0.1, 0.15) is 0 Å². The van der Waals surface area contributed by atoms with E-state index >= 15 is 0 Å². The first-order valence-electron chi connectivity index (χ1n) is 8.44. The minimum Gasteiger partial charge on any atom is -0.481 e. The van der Waals surface area contributed by atoms with Gasteiger partial charge in [0.15, 0.2) is 0 Å². The van der Waals surface area contributed by atoms with E-state index in [1.54, 1.807) is 50.2 Å². The number of anilines is 2. The number of nitrogens with one attached hydrogen (secondary N) is 2. The lowest BCUT2D eigenvalue weighted by Crippen LogP contribution is -2.22. The van der Waals surface area contributed by atoms with Gasteiger partial charge >= 0.3 is 5.97 Å². The molecular formula is C20H22N2O4S. The van der Waals surface area contributed by atoms with Crippen LogP contribution in [0.1, 0.15) is 32.3 Å². The zero-order valence-electron chi connectivity index (χ0n) is 15.4. The highest BCUT2D eigenvalue weighted by Gasteiger charge is 2.17. The van der Waals surface area contributed by atoms with Crippen molar-refractivity contribution in [2.75, 3.05) is 10.6 Å². The van der Waals surface area contributed by atoms with Gasteiger partial charge in [-0.3, -0.25) is 14.4 Å². The SMILES string of the molecule is CC(=O)Nc1ccc(SC(C)C(=O)Nc2cccc(C(C)C(=O)O)c2)cc1. The van der Waals surface area contributed by atoms with Crippen LogP contribution >= 0.6 is 11.8 Å². The van der Waals surface area contributed by atoms with Crippen molar-refractivity contribution < 1.29 is 19.5 Å². The van der Waals surface area contributed by atoms with Crippen LogP contribution in [-0.2, 0) is 14.4 Å². The molecule has 0 aromatic heterocycles. The summed E-state index contributed by atoms with van der Waals surface area (Å²) in [6.07, 6.45) is 0. The first kappa shape index (κ1) is 20.5. The van der Waals surface area contributed by atoms with Gasteiger partial charge in [-0.25, -0.2) is 0 Å². The zero-order chi connectivity index (χ0) is 20.0. The Balaban J connectivity index is 1.98. The fourth-order valence-corrected chi connectivity index (χ4v) is 3.22. The molecule has 2 aromatic carbocycles. The van der Waals surface area contributed by atoms with Gasteiger partial charge < -0.3 is 15.7 Å². The molecular weight excluding hydrogens is 364 g/mol. The molecule has 0 bridgehead atoms. The van der Waals surface area contributed by atoms with Crippen LogP contribution in [0.4, 0.5) is 11.4 Å². The predicted octanol–water partition coefficient (Wildman–Crippen LogP) is 3.95. The molecule has 2 aromatic rings. The lowest BCUT2D eigenvalue weighted by molar-refractivity contribution is -0.138. The maximum atomic E-state index is 12.4. The smallest absolute Gasteiger partial charge is 0.310 e. The Hall–Kier alpha value is -2.80. The van der Waals surface area contributed by atoms with Crippen LogP contribution in [0.15, 0.2) is 53.4 Å². The summed E-state index contributed by atoms with van der Waals surface area (Å²) in [5, 5.41) is 14.3. The molecule has 2 unspecified atom stereocenters. The van der Waals surface area contributed by atoms with Crippen LogP contribution in [-0.4, -0.2) is 28.1 Å². The van der Waals surface area contributed by atoms with Crippen molar-refractivity contribution in [1.29, 1.82) is 0 Å². The molecule has 0 heterocycles. The third kappa shape index (κ3) is 6.14. The number of hydrogen-bond acceptors (Lipinski definition) is 4. The zero-order valence-corrected chi connectivity index (χ0v) is 16.2. The summed E-state index contributed by atoms with van der Waals surface area (Å²) in [7, 11) is 0. The molecule has 0 aliphatic rings. The Morgan fingerprint density at radius 2 is 1.63 bits per heavy atom. The van der Waals surface area contributed by atoms with E-state index in [1.807, 2.05) is 12.1 Å². The number of hydrogen-bond donors (Lipinski definition) is 3. The number of amides is 2. The maximum Gasteiger partial charge on any atom is 0.310 e. The fraction of sp³-hybridized carbons (Fsp3) is 0.250. The fourth-order valence-electron chi connectivity index (χ4n) is 2.35. The molecule has 0 aliphatic heterocycles. The van der Waals surface area contributed by atoms with Crippen molar-refractivity contribution in [3.8, 4) is 0 Å². The summed E-state index contributed by atoms with van der Waals surface area (Å²) in [6, 6.07) is 14.1. The molecule has 0 aliphatic carbocycles. The van der Waals surface area contributed by atoms with Gasteiger partial charge in [0.25, 0.3) is 0 Å².